The second-order valence-electron chi connectivity index (χ2n) is 9.76. The average Bonchev–Trinajstić information content (AvgIpc) is 3.44. The van der Waals surface area contributed by atoms with Crippen molar-refractivity contribution in [2.45, 2.75) is 52.6 Å². The molecule has 2 amide bonds. The number of hydrogen-bond donors (Lipinski definition) is 3. The Morgan fingerprint density at radius 3 is 2.53 bits per heavy atom. The summed E-state index contributed by atoms with van der Waals surface area (Å²) in [4.78, 5) is 56.5. The zero-order chi connectivity index (χ0) is 26.3. The van der Waals surface area contributed by atoms with Gasteiger partial charge >= 0.3 is 5.76 Å². The quantitative estimate of drug-likeness (QED) is 0.465. The maximum atomic E-state index is 13.0. The third-order valence-corrected chi connectivity index (χ3v) is 5.88. The Bertz CT molecular complexity index is 1510. The molecule has 0 radical (unpaired) electrons. The van der Waals surface area contributed by atoms with Crippen LogP contribution in [0.5, 0.6) is 0 Å². The van der Waals surface area contributed by atoms with Crippen molar-refractivity contribution in [3.05, 3.63) is 62.4 Å². The van der Waals surface area contributed by atoms with Crippen LogP contribution in [0.3, 0.4) is 0 Å². The second-order valence-corrected chi connectivity index (χ2v) is 9.76. The van der Waals surface area contributed by atoms with E-state index in [0.717, 1.165) is 0 Å². The fourth-order valence-electron chi connectivity index (χ4n) is 3.63. The van der Waals surface area contributed by atoms with Gasteiger partial charge in [-0.25, -0.2) is 9.78 Å². The van der Waals surface area contributed by atoms with Crippen molar-refractivity contribution in [3.8, 4) is 17.3 Å². The van der Waals surface area contributed by atoms with Gasteiger partial charge in [0.15, 0.2) is 5.82 Å². The van der Waals surface area contributed by atoms with Gasteiger partial charge < -0.3 is 10.6 Å². The number of aryl methyl sites for hydroxylation is 1. The van der Waals surface area contributed by atoms with Gasteiger partial charge in [0.05, 0.1) is 23.0 Å². The molecule has 0 aliphatic heterocycles. The van der Waals surface area contributed by atoms with Gasteiger partial charge in [-0.1, -0.05) is 25.9 Å². The lowest BCUT2D eigenvalue weighted by molar-refractivity contribution is -0.123. The monoisotopic (exact) mass is 491 g/mol. The summed E-state index contributed by atoms with van der Waals surface area (Å²) in [5.74, 6) is -0.900. The number of nitrogens with one attached hydrogen (secondary N) is 3. The van der Waals surface area contributed by atoms with E-state index in [1.165, 1.54) is 16.7 Å². The van der Waals surface area contributed by atoms with Crippen LogP contribution in [0.15, 0.2) is 38.4 Å². The van der Waals surface area contributed by atoms with Gasteiger partial charge in [-0.3, -0.25) is 28.5 Å². The van der Waals surface area contributed by atoms with Crippen molar-refractivity contribution in [1.29, 1.82) is 5.26 Å². The lowest BCUT2D eigenvalue weighted by atomic mass is 9.95. The van der Waals surface area contributed by atoms with Gasteiger partial charge in [-0.15, -0.1) is 0 Å². The highest BCUT2D eigenvalue weighted by molar-refractivity contribution is 5.98. The fourth-order valence-corrected chi connectivity index (χ4v) is 3.63. The molecular formula is C24H25N7O5. The van der Waals surface area contributed by atoms with Gasteiger partial charge in [-0.2, -0.15) is 5.26 Å². The molecule has 2 heterocycles. The average molecular weight is 492 g/mol. The van der Waals surface area contributed by atoms with Crippen LogP contribution in [0.25, 0.3) is 11.3 Å². The highest BCUT2D eigenvalue weighted by atomic mass is 16.5. The third kappa shape index (κ3) is 4.95. The molecular weight excluding hydrogens is 466 g/mol. The SMILES string of the molecule is Cc1nc(-c2ccc(C#N)cc2NC(=O)C(C)(C)C)cc(=O)n1CC(=O)NC1(c2noc(=O)[nH]2)CC1. The minimum Gasteiger partial charge on any atom is -0.342 e. The largest absolute Gasteiger partial charge is 0.438 e. The van der Waals surface area contributed by atoms with E-state index in [1.54, 1.807) is 39.8 Å². The molecule has 0 spiro atoms. The van der Waals surface area contributed by atoms with Crippen LogP contribution in [0, 0.1) is 23.7 Å². The standard InChI is InChI=1S/C24H25N7O5/c1-13-26-17(15-6-5-14(11-25)9-16(15)27-21(34)23(2,3)4)10-19(33)31(13)12-18(32)29-24(7-8-24)20-28-22(35)36-30-20/h5-6,9-10H,7-8,12H2,1-4H3,(H,27,34)(H,29,32)(H,28,30,35). The summed E-state index contributed by atoms with van der Waals surface area (Å²) in [5, 5.41) is 18.6. The molecule has 0 atom stereocenters. The molecule has 1 saturated carbocycles. The minimum absolute atomic E-state index is 0.240. The van der Waals surface area contributed by atoms with Crippen molar-refractivity contribution in [3.63, 3.8) is 0 Å². The highest BCUT2D eigenvalue weighted by Crippen LogP contribution is 2.43. The van der Waals surface area contributed by atoms with Gasteiger partial charge in [0, 0.05) is 17.0 Å². The predicted octanol–water partition coefficient (Wildman–Crippen LogP) is 1.56. The molecule has 186 valence electrons. The molecule has 0 saturated heterocycles. The summed E-state index contributed by atoms with van der Waals surface area (Å²) in [7, 11) is 0. The van der Waals surface area contributed by atoms with Gasteiger partial charge in [0.1, 0.15) is 17.9 Å². The molecule has 4 rings (SSSR count). The molecule has 3 N–H and O–H groups in total. The van der Waals surface area contributed by atoms with Crippen LogP contribution in [0.2, 0.25) is 0 Å². The summed E-state index contributed by atoms with van der Waals surface area (Å²) < 4.78 is 5.75. The Morgan fingerprint density at radius 1 is 1.25 bits per heavy atom. The highest BCUT2D eigenvalue weighted by Gasteiger charge is 2.49. The van der Waals surface area contributed by atoms with E-state index in [4.69, 9.17) is 0 Å². The van der Waals surface area contributed by atoms with Gasteiger partial charge in [0.25, 0.3) is 5.56 Å². The van der Waals surface area contributed by atoms with Crippen LogP contribution in [-0.2, 0) is 21.7 Å². The van der Waals surface area contributed by atoms with Gasteiger partial charge in [0.2, 0.25) is 11.8 Å². The van der Waals surface area contributed by atoms with Crippen molar-refractivity contribution >= 4 is 17.5 Å². The second kappa shape index (κ2) is 8.92. The fraction of sp³-hybridized carbons (Fsp3) is 0.375. The Labute approximate surface area is 205 Å². The molecule has 1 fully saturated rings. The number of carbonyl (C=O) groups excluding carboxylic acids is 2. The molecule has 1 aromatic carbocycles. The molecule has 3 aromatic rings. The van der Waals surface area contributed by atoms with Crippen molar-refractivity contribution in [1.82, 2.24) is 25.0 Å². The number of hydrogen-bond acceptors (Lipinski definition) is 8. The number of aromatic nitrogens is 4. The number of carbonyl (C=O) groups is 2. The first kappa shape index (κ1) is 24.6. The summed E-state index contributed by atoms with van der Waals surface area (Å²) in [6.45, 7) is 6.59. The van der Waals surface area contributed by atoms with E-state index in [2.05, 4.69) is 30.3 Å². The van der Waals surface area contributed by atoms with Crippen LogP contribution >= 0.6 is 0 Å². The van der Waals surface area contributed by atoms with E-state index < -0.39 is 28.2 Å². The normalized spacial score (nSPS) is 14.1. The third-order valence-electron chi connectivity index (χ3n) is 5.88. The number of amides is 2. The maximum absolute atomic E-state index is 13.0. The Morgan fingerprint density at radius 2 is 1.97 bits per heavy atom. The first-order valence-electron chi connectivity index (χ1n) is 11.2. The van der Waals surface area contributed by atoms with Crippen molar-refractivity contribution in [2.75, 3.05) is 5.32 Å². The molecule has 12 nitrogen and oxygen atoms in total. The number of nitrogens with zero attached hydrogens (tertiary/aromatic N) is 4. The number of aromatic amines is 1. The molecule has 2 aromatic heterocycles. The Balaban J connectivity index is 1.60. The summed E-state index contributed by atoms with van der Waals surface area (Å²) in [6, 6.07) is 8.02. The predicted molar refractivity (Wildman–Crippen MR) is 128 cm³/mol. The summed E-state index contributed by atoms with van der Waals surface area (Å²) in [5.41, 5.74) is -0.503. The molecule has 1 aliphatic carbocycles. The zero-order valence-corrected chi connectivity index (χ0v) is 20.3. The first-order chi connectivity index (χ1) is 16.9. The van der Waals surface area contributed by atoms with Crippen LogP contribution in [0.1, 0.15) is 50.8 Å². The zero-order valence-electron chi connectivity index (χ0n) is 20.3. The molecule has 12 heteroatoms. The number of anilines is 1. The molecule has 1 aliphatic rings. The lowest BCUT2D eigenvalue weighted by Crippen LogP contribution is -2.40. The van der Waals surface area contributed by atoms with E-state index in [9.17, 15) is 24.4 Å². The number of nitriles is 1. The maximum Gasteiger partial charge on any atom is 0.438 e. The van der Waals surface area contributed by atoms with E-state index in [0.29, 0.717) is 35.3 Å². The summed E-state index contributed by atoms with van der Waals surface area (Å²) >= 11 is 0. The smallest absolute Gasteiger partial charge is 0.342 e. The van der Waals surface area contributed by atoms with Crippen molar-refractivity contribution < 1.29 is 14.1 Å². The van der Waals surface area contributed by atoms with E-state index >= 15 is 0 Å². The van der Waals surface area contributed by atoms with Crippen LogP contribution in [-0.4, -0.2) is 31.5 Å². The molecule has 0 bridgehead atoms. The van der Waals surface area contributed by atoms with Crippen molar-refractivity contribution in [2.24, 2.45) is 5.41 Å². The van der Waals surface area contributed by atoms with Crippen LogP contribution < -0.4 is 21.9 Å². The van der Waals surface area contributed by atoms with Gasteiger partial charge in [-0.05, 0) is 38.0 Å². The number of rotatable bonds is 6. The van der Waals surface area contributed by atoms with E-state index in [1.807, 2.05) is 6.07 Å². The number of benzene rings is 1. The topological polar surface area (TPSA) is 176 Å². The minimum atomic E-state index is -0.809. The van der Waals surface area contributed by atoms with E-state index in [-0.39, 0.29) is 24.1 Å². The molecule has 36 heavy (non-hydrogen) atoms. The Hall–Kier alpha value is -4.53. The number of H-pyrrole nitrogens is 1. The molecule has 0 unspecified atom stereocenters. The lowest BCUT2D eigenvalue weighted by Gasteiger charge is -2.20. The van der Waals surface area contributed by atoms with Crippen LogP contribution in [0.4, 0.5) is 5.69 Å². The first-order valence-corrected chi connectivity index (χ1v) is 11.2. The summed E-state index contributed by atoms with van der Waals surface area (Å²) in [6.07, 6.45) is 1.15. The Kier molecular flexibility index (Phi) is 6.09.